The van der Waals surface area contributed by atoms with Crippen LogP contribution in [0.1, 0.15) is 5.56 Å². The summed E-state index contributed by atoms with van der Waals surface area (Å²) in [7, 11) is -1.27. The molecule has 1 nitrogen and oxygen atoms in total. The molecule has 1 N–H and O–H groups in total. The summed E-state index contributed by atoms with van der Waals surface area (Å²) in [5.74, 6) is 0. The van der Waals surface area contributed by atoms with Gasteiger partial charge in [0.05, 0.1) is 16.1 Å². The molecule has 0 bridgehead atoms. The van der Waals surface area contributed by atoms with E-state index in [1.807, 2.05) is 0 Å². The summed E-state index contributed by atoms with van der Waals surface area (Å²) < 4.78 is 0. The number of hydrogen-bond acceptors (Lipinski definition) is 1. The molecule has 17 heavy (non-hydrogen) atoms. The van der Waals surface area contributed by atoms with E-state index >= 15 is 0 Å². The molecule has 0 aliphatic heterocycles. The topological polar surface area (TPSA) is 20.2 Å². The first-order chi connectivity index (χ1) is 7.69. The van der Waals surface area contributed by atoms with Crippen LogP contribution in [-0.4, -0.2) is 19.3 Å². The van der Waals surface area contributed by atoms with Crippen LogP contribution in [0.3, 0.4) is 0 Å². The smallest absolute Gasteiger partial charge is 0.0607 e. The minimum Gasteiger partial charge on any atom is -0.393 e. The van der Waals surface area contributed by atoms with E-state index in [4.69, 9.17) is 34.8 Å². The number of aliphatic hydroxyl groups is 1. The molecule has 96 valence electrons. The lowest BCUT2D eigenvalue weighted by Gasteiger charge is -2.21. The summed E-state index contributed by atoms with van der Waals surface area (Å²) in [6, 6.07) is 4.21. The highest BCUT2D eigenvalue weighted by Gasteiger charge is 2.20. The molecule has 1 unspecified atom stereocenters. The van der Waals surface area contributed by atoms with Crippen LogP contribution < -0.4 is 0 Å². The van der Waals surface area contributed by atoms with Crippen molar-refractivity contribution < 1.29 is 5.11 Å². The van der Waals surface area contributed by atoms with Gasteiger partial charge in [0.2, 0.25) is 0 Å². The summed E-state index contributed by atoms with van der Waals surface area (Å²) in [5.41, 5.74) is 0.854. The average Bonchev–Trinajstić information content (AvgIpc) is 2.11. The zero-order valence-corrected chi connectivity index (χ0v) is 13.5. The Morgan fingerprint density at radius 3 is 2.12 bits per heavy atom. The molecule has 0 saturated heterocycles. The van der Waals surface area contributed by atoms with Crippen molar-refractivity contribution in [3.63, 3.8) is 0 Å². The quantitative estimate of drug-likeness (QED) is 0.620. The molecule has 0 fully saturated rings. The van der Waals surface area contributed by atoms with Gasteiger partial charge in [-0.2, -0.15) is 0 Å². The van der Waals surface area contributed by atoms with E-state index in [1.54, 1.807) is 12.1 Å². The molecular formula is C12H17Cl3OSi. The number of benzene rings is 1. The fraction of sp³-hybridized carbons (Fsp3) is 0.500. The van der Waals surface area contributed by atoms with Crippen LogP contribution in [0.4, 0.5) is 0 Å². The minimum atomic E-state index is -1.27. The molecule has 0 spiro atoms. The molecule has 0 aliphatic rings. The summed E-state index contributed by atoms with van der Waals surface area (Å²) in [6.07, 6.45) is 0.163. The number of aliphatic hydroxyl groups excluding tert-OH is 1. The van der Waals surface area contributed by atoms with E-state index in [0.717, 1.165) is 11.6 Å². The van der Waals surface area contributed by atoms with E-state index in [-0.39, 0.29) is 6.10 Å². The normalized spacial score (nSPS) is 13.8. The van der Waals surface area contributed by atoms with Crippen LogP contribution in [-0.2, 0) is 6.42 Å². The van der Waals surface area contributed by atoms with Crippen molar-refractivity contribution in [3.8, 4) is 0 Å². The molecule has 0 heterocycles. The highest BCUT2D eigenvalue weighted by Crippen LogP contribution is 2.30. The van der Waals surface area contributed by atoms with Gasteiger partial charge in [-0.1, -0.05) is 54.4 Å². The van der Waals surface area contributed by atoms with Crippen molar-refractivity contribution in [1.29, 1.82) is 0 Å². The molecule has 5 heteroatoms. The van der Waals surface area contributed by atoms with Gasteiger partial charge in [-0.15, -0.1) is 0 Å². The Kier molecular flexibility index (Phi) is 5.35. The molecule has 0 aromatic heterocycles. The first-order valence-electron chi connectivity index (χ1n) is 5.50. The van der Waals surface area contributed by atoms with Gasteiger partial charge >= 0.3 is 0 Å². The predicted octanol–water partition coefficient (Wildman–Crippen LogP) is 4.89. The van der Waals surface area contributed by atoms with Gasteiger partial charge in [-0.25, -0.2) is 0 Å². The van der Waals surface area contributed by atoms with Crippen molar-refractivity contribution in [3.05, 3.63) is 32.8 Å². The van der Waals surface area contributed by atoms with Crippen LogP contribution in [0, 0.1) is 0 Å². The van der Waals surface area contributed by atoms with Crippen LogP contribution in [0.5, 0.6) is 0 Å². The summed E-state index contributed by atoms with van der Waals surface area (Å²) >= 11 is 17.9. The van der Waals surface area contributed by atoms with Crippen LogP contribution in [0.2, 0.25) is 40.8 Å². The first-order valence-corrected chi connectivity index (χ1v) is 10.3. The second-order valence-corrected chi connectivity index (χ2v) is 12.2. The Labute approximate surface area is 119 Å². The Balaban J connectivity index is 2.78. The maximum atomic E-state index is 10.0. The van der Waals surface area contributed by atoms with E-state index in [9.17, 15) is 5.11 Å². The predicted molar refractivity (Wildman–Crippen MR) is 79.3 cm³/mol. The van der Waals surface area contributed by atoms with E-state index < -0.39 is 8.07 Å². The fourth-order valence-corrected chi connectivity index (χ4v) is 3.96. The molecule has 0 radical (unpaired) electrons. The highest BCUT2D eigenvalue weighted by atomic mass is 35.5. The second kappa shape index (κ2) is 5.94. The Morgan fingerprint density at radius 1 is 1.06 bits per heavy atom. The van der Waals surface area contributed by atoms with Gasteiger partial charge in [0.25, 0.3) is 0 Å². The largest absolute Gasteiger partial charge is 0.393 e. The zero-order valence-electron chi connectivity index (χ0n) is 10.2. The first kappa shape index (κ1) is 15.3. The maximum absolute atomic E-state index is 10.0. The molecule has 0 amide bonds. The number of rotatable bonds is 4. The summed E-state index contributed by atoms with van der Waals surface area (Å²) in [5, 5.41) is 11.5. The SMILES string of the molecule is C[Si](C)(C)CC(O)Cc1cc(Cl)c(Cl)cc1Cl. The number of hydrogen-bond donors (Lipinski definition) is 1. The van der Waals surface area contributed by atoms with Gasteiger partial charge < -0.3 is 5.11 Å². The molecule has 0 saturated carbocycles. The molecule has 1 aromatic rings. The van der Waals surface area contributed by atoms with Crippen molar-refractivity contribution in [2.45, 2.75) is 38.2 Å². The van der Waals surface area contributed by atoms with E-state index in [2.05, 4.69) is 19.6 Å². The summed E-state index contributed by atoms with van der Waals surface area (Å²) in [6.45, 7) is 6.69. The molecule has 1 atom stereocenters. The second-order valence-electron chi connectivity index (χ2n) is 5.48. The zero-order chi connectivity index (χ0) is 13.2. The third kappa shape index (κ3) is 5.19. The monoisotopic (exact) mass is 310 g/mol. The minimum absolute atomic E-state index is 0.364. The fourth-order valence-electron chi connectivity index (χ4n) is 1.75. The van der Waals surface area contributed by atoms with Gasteiger partial charge in [-0.05, 0) is 30.2 Å². The van der Waals surface area contributed by atoms with E-state index in [1.165, 1.54) is 0 Å². The van der Waals surface area contributed by atoms with Crippen molar-refractivity contribution in [2.24, 2.45) is 0 Å². The van der Waals surface area contributed by atoms with Gasteiger partial charge in [0, 0.05) is 13.1 Å². The van der Waals surface area contributed by atoms with Crippen LogP contribution in [0.25, 0.3) is 0 Å². The van der Waals surface area contributed by atoms with Gasteiger partial charge in [0.15, 0.2) is 0 Å². The Hall–Kier alpha value is 0.267. The lowest BCUT2D eigenvalue weighted by Crippen LogP contribution is -2.27. The molecule has 0 aliphatic carbocycles. The summed E-state index contributed by atoms with van der Waals surface area (Å²) in [4.78, 5) is 0. The standard InChI is InChI=1S/C12H17Cl3OSi/c1-17(2,3)7-9(16)4-8-5-11(14)12(15)6-10(8)13/h5-6,9,16H,4,7H2,1-3H3. The highest BCUT2D eigenvalue weighted by molar-refractivity contribution is 6.76. The third-order valence-corrected chi connectivity index (χ3v) is 5.16. The van der Waals surface area contributed by atoms with Gasteiger partial charge in [0.1, 0.15) is 0 Å². The van der Waals surface area contributed by atoms with Crippen molar-refractivity contribution in [1.82, 2.24) is 0 Å². The number of halogens is 3. The molecular weight excluding hydrogens is 295 g/mol. The van der Waals surface area contributed by atoms with Crippen molar-refractivity contribution >= 4 is 42.9 Å². The Bertz CT molecular complexity index is 401. The van der Waals surface area contributed by atoms with Crippen molar-refractivity contribution in [2.75, 3.05) is 0 Å². The Morgan fingerprint density at radius 2 is 1.59 bits per heavy atom. The van der Waals surface area contributed by atoms with Gasteiger partial charge in [-0.3, -0.25) is 0 Å². The maximum Gasteiger partial charge on any atom is 0.0607 e. The van der Waals surface area contributed by atoms with Crippen LogP contribution >= 0.6 is 34.8 Å². The van der Waals surface area contributed by atoms with E-state index in [0.29, 0.717) is 21.5 Å². The molecule has 1 rings (SSSR count). The molecule has 1 aromatic carbocycles. The van der Waals surface area contributed by atoms with Crippen LogP contribution in [0.15, 0.2) is 12.1 Å². The third-order valence-electron chi connectivity index (χ3n) is 2.39. The lowest BCUT2D eigenvalue weighted by atomic mass is 10.1. The average molecular weight is 312 g/mol. The lowest BCUT2D eigenvalue weighted by molar-refractivity contribution is 0.193.